The van der Waals surface area contributed by atoms with Crippen LogP contribution in [0.4, 0.5) is 0 Å². The first kappa shape index (κ1) is 24.1. The van der Waals surface area contributed by atoms with E-state index in [2.05, 4.69) is 66.1 Å². The Labute approximate surface area is 198 Å². The van der Waals surface area contributed by atoms with Crippen molar-refractivity contribution in [2.24, 2.45) is 11.8 Å². The van der Waals surface area contributed by atoms with Crippen LogP contribution in [0.15, 0.2) is 48.5 Å². The van der Waals surface area contributed by atoms with Gasteiger partial charge in [0.25, 0.3) is 0 Å². The Balaban J connectivity index is 0.00000272. The lowest BCUT2D eigenvalue weighted by atomic mass is 9.84. The van der Waals surface area contributed by atoms with Crippen LogP contribution < -0.4 is 0 Å². The first-order valence-corrected chi connectivity index (χ1v) is 11.8. The van der Waals surface area contributed by atoms with E-state index >= 15 is 0 Å². The van der Waals surface area contributed by atoms with E-state index in [1.165, 1.54) is 16.7 Å². The van der Waals surface area contributed by atoms with Crippen molar-refractivity contribution in [2.45, 2.75) is 45.6 Å². The molecular weight excluding hydrogens is 427 g/mol. The van der Waals surface area contributed by atoms with Gasteiger partial charge >= 0.3 is 0 Å². The quantitative estimate of drug-likeness (QED) is 0.562. The fourth-order valence-corrected chi connectivity index (χ4v) is 5.36. The lowest BCUT2D eigenvalue weighted by Gasteiger charge is -2.42. The van der Waals surface area contributed by atoms with Crippen molar-refractivity contribution >= 4 is 29.9 Å². The zero-order chi connectivity index (χ0) is 21.1. The summed E-state index contributed by atoms with van der Waals surface area (Å²) in [7, 11) is 0. The molecule has 2 aromatic rings. The summed E-state index contributed by atoms with van der Waals surface area (Å²) in [5, 5.41) is 0.791. The maximum absolute atomic E-state index is 13.5. The van der Waals surface area contributed by atoms with Crippen LogP contribution in [0, 0.1) is 11.8 Å². The number of piperidine rings is 1. The van der Waals surface area contributed by atoms with Gasteiger partial charge < -0.3 is 9.80 Å². The van der Waals surface area contributed by atoms with E-state index in [4.69, 9.17) is 11.6 Å². The lowest BCUT2D eigenvalue weighted by Crippen LogP contribution is -2.47. The molecule has 1 saturated heterocycles. The Morgan fingerprint density at radius 1 is 1.06 bits per heavy atom. The smallest absolute Gasteiger partial charge is 0.226 e. The average molecular weight is 461 g/mol. The van der Waals surface area contributed by atoms with E-state index in [1.807, 2.05) is 6.07 Å². The molecule has 0 saturated carbocycles. The highest BCUT2D eigenvalue weighted by Crippen LogP contribution is 2.38. The van der Waals surface area contributed by atoms with Gasteiger partial charge in [-0.3, -0.25) is 4.79 Å². The molecule has 4 rings (SSSR count). The van der Waals surface area contributed by atoms with Crippen molar-refractivity contribution in [3.05, 3.63) is 70.2 Å². The molecule has 0 N–H and O–H groups in total. The van der Waals surface area contributed by atoms with Gasteiger partial charge in [0.15, 0.2) is 0 Å². The maximum Gasteiger partial charge on any atom is 0.226 e. The largest absolute Gasteiger partial charge is 0.335 e. The molecule has 2 aliphatic heterocycles. The third-order valence-electron chi connectivity index (χ3n) is 6.79. The molecule has 0 radical (unpaired) electrons. The summed E-state index contributed by atoms with van der Waals surface area (Å²) in [6, 6.07) is 17.0. The molecule has 2 heterocycles. The van der Waals surface area contributed by atoms with E-state index in [0.717, 1.165) is 56.9 Å². The number of fused-ring (bicyclic) bond motifs is 1. The normalized spacial score (nSPS) is 19.7. The van der Waals surface area contributed by atoms with Crippen molar-refractivity contribution in [3.63, 3.8) is 0 Å². The fraction of sp³-hybridized carbons (Fsp3) is 0.500. The molecule has 1 amide bonds. The molecule has 31 heavy (non-hydrogen) atoms. The minimum absolute atomic E-state index is 0. The molecule has 2 aliphatic rings. The second-order valence-electron chi connectivity index (χ2n) is 9.17. The molecule has 0 aromatic heterocycles. The fourth-order valence-electron chi connectivity index (χ4n) is 5.16. The highest BCUT2D eigenvalue weighted by atomic mass is 35.5. The SMILES string of the molecule is CC(C)C1c2ccc(Cl)cc2CCN1C(=O)C1CCN(CCc2ccccc2)CC1.Cl. The van der Waals surface area contributed by atoms with Crippen LogP contribution in [-0.2, 0) is 17.6 Å². The van der Waals surface area contributed by atoms with E-state index in [9.17, 15) is 4.79 Å². The number of rotatable bonds is 5. The average Bonchev–Trinajstić information content (AvgIpc) is 2.77. The van der Waals surface area contributed by atoms with Crippen molar-refractivity contribution < 1.29 is 4.79 Å². The summed E-state index contributed by atoms with van der Waals surface area (Å²) >= 11 is 6.22. The number of benzene rings is 2. The third-order valence-corrected chi connectivity index (χ3v) is 7.03. The van der Waals surface area contributed by atoms with Gasteiger partial charge in [0.1, 0.15) is 0 Å². The molecule has 2 aromatic carbocycles. The minimum Gasteiger partial charge on any atom is -0.335 e. The summed E-state index contributed by atoms with van der Waals surface area (Å²) in [5.74, 6) is 0.908. The number of carbonyl (C=O) groups is 1. The number of halogens is 2. The molecule has 0 aliphatic carbocycles. The van der Waals surface area contributed by atoms with E-state index in [-0.39, 0.29) is 24.4 Å². The first-order chi connectivity index (χ1) is 14.5. The molecule has 1 unspecified atom stereocenters. The number of nitrogens with zero attached hydrogens (tertiary/aromatic N) is 2. The summed E-state index contributed by atoms with van der Waals surface area (Å²) in [6.45, 7) is 8.38. The molecule has 0 spiro atoms. The van der Waals surface area contributed by atoms with Gasteiger partial charge in [0.05, 0.1) is 6.04 Å². The Kier molecular flexibility index (Phi) is 8.43. The van der Waals surface area contributed by atoms with E-state index in [0.29, 0.717) is 11.8 Å². The number of hydrogen-bond acceptors (Lipinski definition) is 2. The predicted molar refractivity (Wildman–Crippen MR) is 131 cm³/mol. The number of likely N-dealkylation sites (tertiary alicyclic amines) is 1. The van der Waals surface area contributed by atoms with Crippen molar-refractivity contribution in [3.8, 4) is 0 Å². The first-order valence-electron chi connectivity index (χ1n) is 11.4. The maximum atomic E-state index is 13.5. The van der Waals surface area contributed by atoms with Gasteiger partial charge in [0, 0.05) is 24.0 Å². The summed E-state index contributed by atoms with van der Waals surface area (Å²) in [5.41, 5.74) is 3.98. The highest BCUT2D eigenvalue weighted by Gasteiger charge is 2.36. The van der Waals surface area contributed by atoms with Crippen molar-refractivity contribution in [1.29, 1.82) is 0 Å². The topological polar surface area (TPSA) is 23.6 Å². The van der Waals surface area contributed by atoms with Gasteiger partial charge in [-0.1, -0.05) is 61.8 Å². The Bertz CT molecular complexity index is 863. The number of amides is 1. The summed E-state index contributed by atoms with van der Waals surface area (Å²) < 4.78 is 0. The minimum atomic E-state index is 0. The Morgan fingerprint density at radius 2 is 1.77 bits per heavy atom. The molecule has 168 valence electrons. The Morgan fingerprint density at radius 3 is 2.45 bits per heavy atom. The van der Waals surface area contributed by atoms with Crippen LogP contribution in [0.1, 0.15) is 49.4 Å². The lowest BCUT2D eigenvalue weighted by molar-refractivity contribution is -0.141. The second-order valence-corrected chi connectivity index (χ2v) is 9.60. The number of carbonyl (C=O) groups excluding carboxylic acids is 1. The number of hydrogen-bond donors (Lipinski definition) is 0. The summed E-state index contributed by atoms with van der Waals surface area (Å²) in [6.07, 6.45) is 3.94. The third kappa shape index (κ3) is 5.63. The Hall–Kier alpha value is -1.55. The van der Waals surface area contributed by atoms with Gasteiger partial charge in [0.2, 0.25) is 5.91 Å². The van der Waals surface area contributed by atoms with Gasteiger partial charge in [-0.25, -0.2) is 0 Å². The van der Waals surface area contributed by atoms with Crippen LogP contribution >= 0.6 is 24.0 Å². The van der Waals surface area contributed by atoms with E-state index in [1.54, 1.807) is 0 Å². The van der Waals surface area contributed by atoms with Crippen LogP contribution in [-0.4, -0.2) is 41.9 Å². The van der Waals surface area contributed by atoms with Gasteiger partial charge in [-0.05, 0) is 73.5 Å². The van der Waals surface area contributed by atoms with Crippen LogP contribution in [0.3, 0.4) is 0 Å². The molecular formula is C26H34Cl2N2O. The summed E-state index contributed by atoms with van der Waals surface area (Å²) in [4.78, 5) is 18.2. The molecule has 3 nitrogen and oxygen atoms in total. The monoisotopic (exact) mass is 460 g/mol. The molecule has 5 heteroatoms. The zero-order valence-electron chi connectivity index (χ0n) is 18.6. The predicted octanol–water partition coefficient (Wildman–Crippen LogP) is 5.80. The van der Waals surface area contributed by atoms with Crippen molar-refractivity contribution in [1.82, 2.24) is 9.80 Å². The van der Waals surface area contributed by atoms with Gasteiger partial charge in [-0.15, -0.1) is 12.4 Å². The van der Waals surface area contributed by atoms with Crippen LogP contribution in [0.2, 0.25) is 5.02 Å². The van der Waals surface area contributed by atoms with Crippen molar-refractivity contribution in [2.75, 3.05) is 26.2 Å². The second kappa shape index (κ2) is 10.8. The van der Waals surface area contributed by atoms with Crippen LogP contribution in [0.25, 0.3) is 0 Å². The molecule has 1 atom stereocenters. The van der Waals surface area contributed by atoms with Crippen LogP contribution in [0.5, 0.6) is 0 Å². The zero-order valence-corrected chi connectivity index (χ0v) is 20.2. The van der Waals surface area contributed by atoms with E-state index < -0.39 is 0 Å². The molecule has 1 fully saturated rings. The standard InChI is InChI=1S/C26H33ClN2O.ClH/c1-19(2)25-24-9-8-23(27)18-22(24)13-17-29(25)26(30)21-11-15-28(16-12-21)14-10-20-6-4-3-5-7-20;/h3-9,18-19,21,25H,10-17H2,1-2H3;1H. The molecule has 0 bridgehead atoms. The van der Waals surface area contributed by atoms with Gasteiger partial charge in [-0.2, -0.15) is 0 Å². The highest BCUT2D eigenvalue weighted by molar-refractivity contribution is 6.30.